The van der Waals surface area contributed by atoms with Gasteiger partial charge in [-0.3, -0.25) is 9.97 Å². The topological polar surface area (TPSA) is 64.5 Å². The van der Waals surface area contributed by atoms with Gasteiger partial charge < -0.3 is 0 Å². The standard InChI is InChI=1S/C17H11N5S/c1-3-9-18-12(6-1)15-20-16(13-7-2-4-10-19-13)22-17(21-15)14-8-5-11-23-14/h1-11H. The summed E-state index contributed by atoms with van der Waals surface area (Å²) in [5, 5.41) is 2.00. The number of hydrogen-bond donors (Lipinski definition) is 0. The van der Waals surface area contributed by atoms with Crippen molar-refractivity contribution in [3.63, 3.8) is 0 Å². The lowest BCUT2D eigenvalue weighted by Gasteiger charge is -2.05. The van der Waals surface area contributed by atoms with Crippen LogP contribution in [0.4, 0.5) is 0 Å². The van der Waals surface area contributed by atoms with E-state index < -0.39 is 0 Å². The molecule has 0 amide bonds. The van der Waals surface area contributed by atoms with Crippen molar-refractivity contribution in [2.45, 2.75) is 0 Å². The summed E-state index contributed by atoms with van der Waals surface area (Å²) < 4.78 is 0. The molecule has 0 spiro atoms. The van der Waals surface area contributed by atoms with E-state index in [0.717, 1.165) is 4.88 Å². The van der Waals surface area contributed by atoms with Crippen LogP contribution in [0.2, 0.25) is 0 Å². The van der Waals surface area contributed by atoms with Gasteiger partial charge in [0.15, 0.2) is 17.5 Å². The second-order valence-corrected chi connectivity index (χ2v) is 5.66. The first-order valence-electron chi connectivity index (χ1n) is 7.03. The Labute approximate surface area is 136 Å². The maximum absolute atomic E-state index is 4.57. The van der Waals surface area contributed by atoms with Crippen molar-refractivity contribution in [2.24, 2.45) is 0 Å². The zero-order chi connectivity index (χ0) is 15.5. The molecule has 0 saturated heterocycles. The van der Waals surface area contributed by atoms with Crippen molar-refractivity contribution in [3.8, 4) is 33.7 Å². The minimum atomic E-state index is 0.546. The highest BCUT2D eigenvalue weighted by atomic mass is 32.1. The van der Waals surface area contributed by atoms with Crippen LogP contribution < -0.4 is 0 Å². The first kappa shape index (κ1) is 13.7. The van der Waals surface area contributed by atoms with Gasteiger partial charge >= 0.3 is 0 Å². The molecular formula is C17H11N5S. The molecular weight excluding hydrogens is 306 g/mol. The number of nitrogens with zero attached hydrogens (tertiary/aromatic N) is 5. The molecule has 4 aromatic heterocycles. The summed E-state index contributed by atoms with van der Waals surface area (Å²) in [7, 11) is 0. The van der Waals surface area contributed by atoms with E-state index in [2.05, 4.69) is 24.9 Å². The molecule has 5 nitrogen and oxygen atoms in total. The average Bonchev–Trinajstić information content (AvgIpc) is 3.18. The molecule has 0 atom stereocenters. The highest BCUT2D eigenvalue weighted by Gasteiger charge is 2.13. The van der Waals surface area contributed by atoms with Crippen molar-refractivity contribution in [2.75, 3.05) is 0 Å². The van der Waals surface area contributed by atoms with Crippen molar-refractivity contribution < 1.29 is 0 Å². The molecule has 4 aromatic rings. The Morgan fingerprint density at radius 3 is 1.70 bits per heavy atom. The van der Waals surface area contributed by atoms with E-state index in [9.17, 15) is 0 Å². The molecule has 0 unspecified atom stereocenters. The van der Waals surface area contributed by atoms with Gasteiger partial charge in [-0.15, -0.1) is 11.3 Å². The SMILES string of the molecule is c1ccc(-c2nc(-c3ccccn3)nc(-c3cccs3)n2)nc1. The molecule has 0 aliphatic carbocycles. The molecule has 0 bridgehead atoms. The van der Waals surface area contributed by atoms with E-state index in [4.69, 9.17) is 0 Å². The number of hydrogen-bond acceptors (Lipinski definition) is 6. The van der Waals surface area contributed by atoms with Crippen molar-refractivity contribution in [1.29, 1.82) is 0 Å². The Morgan fingerprint density at radius 1 is 0.609 bits per heavy atom. The molecule has 0 radical (unpaired) electrons. The number of thiophene rings is 1. The first-order valence-corrected chi connectivity index (χ1v) is 7.91. The van der Waals surface area contributed by atoms with E-state index in [1.807, 2.05) is 53.9 Å². The molecule has 0 aromatic carbocycles. The van der Waals surface area contributed by atoms with Crippen molar-refractivity contribution in [3.05, 3.63) is 66.3 Å². The zero-order valence-corrected chi connectivity index (χ0v) is 12.8. The highest BCUT2D eigenvalue weighted by molar-refractivity contribution is 7.13. The summed E-state index contributed by atoms with van der Waals surface area (Å²) in [6.45, 7) is 0. The predicted octanol–water partition coefficient (Wildman–Crippen LogP) is 3.72. The van der Waals surface area contributed by atoms with Crippen LogP contribution in [0.1, 0.15) is 0 Å². The van der Waals surface area contributed by atoms with Crippen LogP contribution >= 0.6 is 11.3 Å². The van der Waals surface area contributed by atoms with E-state index in [-0.39, 0.29) is 0 Å². The summed E-state index contributed by atoms with van der Waals surface area (Å²) in [6, 6.07) is 15.3. The summed E-state index contributed by atoms with van der Waals surface area (Å²) in [4.78, 5) is 23.3. The highest BCUT2D eigenvalue weighted by Crippen LogP contribution is 2.25. The maximum Gasteiger partial charge on any atom is 0.182 e. The minimum absolute atomic E-state index is 0.546. The van der Waals surface area contributed by atoms with Crippen LogP contribution in [0.5, 0.6) is 0 Å². The van der Waals surface area contributed by atoms with E-state index in [1.54, 1.807) is 23.7 Å². The monoisotopic (exact) mass is 317 g/mol. The lowest BCUT2D eigenvalue weighted by atomic mass is 10.3. The van der Waals surface area contributed by atoms with Crippen LogP contribution in [-0.2, 0) is 0 Å². The van der Waals surface area contributed by atoms with Crippen LogP contribution in [0.3, 0.4) is 0 Å². The van der Waals surface area contributed by atoms with Gasteiger partial charge in [0.1, 0.15) is 11.4 Å². The fourth-order valence-electron chi connectivity index (χ4n) is 2.11. The minimum Gasteiger partial charge on any atom is -0.253 e. The van der Waals surface area contributed by atoms with E-state index in [1.165, 1.54) is 0 Å². The molecule has 0 saturated carbocycles. The third-order valence-corrected chi connectivity index (χ3v) is 4.03. The van der Waals surface area contributed by atoms with Gasteiger partial charge in [0, 0.05) is 12.4 Å². The fraction of sp³-hybridized carbons (Fsp3) is 0. The Hall–Kier alpha value is -2.99. The lowest BCUT2D eigenvalue weighted by Crippen LogP contribution is -2.01. The van der Waals surface area contributed by atoms with Gasteiger partial charge in [-0.25, -0.2) is 15.0 Å². The predicted molar refractivity (Wildman–Crippen MR) is 89.6 cm³/mol. The Morgan fingerprint density at radius 2 is 1.22 bits per heavy atom. The normalized spacial score (nSPS) is 10.6. The second-order valence-electron chi connectivity index (χ2n) is 4.71. The largest absolute Gasteiger partial charge is 0.253 e. The number of aromatic nitrogens is 5. The summed E-state index contributed by atoms with van der Waals surface area (Å²) in [5.74, 6) is 1.73. The van der Waals surface area contributed by atoms with Crippen LogP contribution in [0.15, 0.2) is 66.3 Å². The van der Waals surface area contributed by atoms with Gasteiger partial charge in [-0.2, -0.15) is 0 Å². The molecule has 110 valence electrons. The third-order valence-electron chi connectivity index (χ3n) is 3.16. The van der Waals surface area contributed by atoms with Crippen molar-refractivity contribution >= 4 is 11.3 Å². The number of rotatable bonds is 3. The van der Waals surface area contributed by atoms with Gasteiger partial charge in [0.25, 0.3) is 0 Å². The molecule has 0 N–H and O–H groups in total. The molecule has 23 heavy (non-hydrogen) atoms. The summed E-state index contributed by atoms with van der Waals surface area (Å²) >= 11 is 1.59. The Bertz CT molecular complexity index is 851. The molecule has 0 aliphatic rings. The van der Waals surface area contributed by atoms with Gasteiger partial charge in [0.05, 0.1) is 4.88 Å². The van der Waals surface area contributed by atoms with Gasteiger partial charge in [-0.1, -0.05) is 18.2 Å². The summed E-state index contributed by atoms with van der Waals surface area (Å²) in [5.41, 5.74) is 1.43. The third kappa shape index (κ3) is 2.84. The van der Waals surface area contributed by atoms with E-state index >= 15 is 0 Å². The van der Waals surface area contributed by atoms with Gasteiger partial charge in [0.2, 0.25) is 0 Å². The molecule has 0 aliphatic heterocycles. The van der Waals surface area contributed by atoms with Crippen LogP contribution in [-0.4, -0.2) is 24.9 Å². The summed E-state index contributed by atoms with van der Waals surface area (Å²) in [6.07, 6.45) is 3.45. The zero-order valence-electron chi connectivity index (χ0n) is 12.0. The quantitative estimate of drug-likeness (QED) is 0.576. The maximum atomic E-state index is 4.57. The Balaban J connectivity index is 1.91. The fourth-order valence-corrected chi connectivity index (χ4v) is 2.77. The lowest BCUT2D eigenvalue weighted by molar-refractivity contribution is 1.05. The van der Waals surface area contributed by atoms with Crippen molar-refractivity contribution in [1.82, 2.24) is 24.9 Å². The van der Waals surface area contributed by atoms with Crippen LogP contribution in [0, 0.1) is 0 Å². The Kier molecular flexibility index (Phi) is 3.57. The second kappa shape index (κ2) is 6.02. The van der Waals surface area contributed by atoms with Gasteiger partial charge in [-0.05, 0) is 35.7 Å². The average molecular weight is 317 g/mol. The molecule has 0 fully saturated rings. The number of pyridine rings is 2. The van der Waals surface area contributed by atoms with E-state index in [0.29, 0.717) is 28.9 Å². The molecule has 6 heteroatoms. The molecule has 4 heterocycles. The smallest absolute Gasteiger partial charge is 0.182 e. The molecule has 4 rings (SSSR count). The van der Waals surface area contributed by atoms with Crippen LogP contribution in [0.25, 0.3) is 33.7 Å². The first-order chi connectivity index (χ1) is 11.4.